The van der Waals surface area contributed by atoms with Gasteiger partial charge in [0, 0.05) is 19.5 Å². The van der Waals surface area contributed by atoms with Crippen LogP contribution in [0.2, 0.25) is 0 Å². The molecular weight excluding hydrogens is 364 g/mol. The van der Waals surface area contributed by atoms with Crippen LogP contribution in [0.4, 0.5) is 0 Å². The first kappa shape index (κ1) is 20.7. The van der Waals surface area contributed by atoms with E-state index >= 15 is 0 Å². The number of aryl methyl sites for hydroxylation is 1. The van der Waals surface area contributed by atoms with Crippen LogP contribution in [-0.2, 0) is 11.3 Å². The lowest BCUT2D eigenvalue weighted by molar-refractivity contribution is -0.121. The fourth-order valence-corrected chi connectivity index (χ4v) is 3.58. The van der Waals surface area contributed by atoms with Crippen molar-refractivity contribution in [1.82, 2.24) is 19.8 Å². The van der Waals surface area contributed by atoms with E-state index in [4.69, 9.17) is 0 Å². The van der Waals surface area contributed by atoms with E-state index in [0.29, 0.717) is 24.0 Å². The van der Waals surface area contributed by atoms with Crippen LogP contribution in [0.3, 0.4) is 0 Å². The molecule has 0 aliphatic heterocycles. The summed E-state index contributed by atoms with van der Waals surface area (Å²) < 4.78 is 1.50. The van der Waals surface area contributed by atoms with Crippen molar-refractivity contribution in [2.24, 2.45) is 0 Å². The molecule has 1 atom stereocenters. The Hall–Kier alpha value is -2.99. The minimum absolute atomic E-state index is 0.0712. The Labute approximate surface area is 171 Å². The Kier molecular flexibility index (Phi) is 7.14. The lowest BCUT2D eigenvalue weighted by Crippen LogP contribution is -2.38. The SMILES string of the molecule is CCN(CC)C(CNC(=O)CCn1cnc2ccccc2c1=O)c1ccccc1. The number of hydrogen-bond acceptors (Lipinski definition) is 4. The van der Waals surface area contributed by atoms with Gasteiger partial charge in [0.2, 0.25) is 5.91 Å². The summed E-state index contributed by atoms with van der Waals surface area (Å²) in [5.74, 6) is -0.0712. The number of carbonyl (C=O) groups is 1. The van der Waals surface area contributed by atoms with Crippen LogP contribution in [0, 0.1) is 0 Å². The molecule has 0 radical (unpaired) electrons. The van der Waals surface area contributed by atoms with Crippen molar-refractivity contribution in [1.29, 1.82) is 0 Å². The largest absolute Gasteiger partial charge is 0.354 e. The minimum Gasteiger partial charge on any atom is -0.354 e. The van der Waals surface area contributed by atoms with E-state index in [1.165, 1.54) is 16.5 Å². The fraction of sp³-hybridized carbons (Fsp3) is 0.348. The van der Waals surface area contributed by atoms with E-state index in [1.54, 1.807) is 6.07 Å². The van der Waals surface area contributed by atoms with Crippen LogP contribution >= 0.6 is 0 Å². The van der Waals surface area contributed by atoms with Gasteiger partial charge in [0.05, 0.1) is 23.3 Å². The lowest BCUT2D eigenvalue weighted by atomic mass is 10.1. The van der Waals surface area contributed by atoms with Crippen molar-refractivity contribution in [2.75, 3.05) is 19.6 Å². The van der Waals surface area contributed by atoms with Gasteiger partial charge in [-0.1, -0.05) is 56.3 Å². The number of nitrogens with one attached hydrogen (secondary N) is 1. The van der Waals surface area contributed by atoms with Crippen LogP contribution in [0.1, 0.15) is 31.9 Å². The number of carbonyl (C=O) groups excluding carboxylic acids is 1. The van der Waals surface area contributed by atoms with Crippen LogP contribution in [0.15, 0.2) is 65.7 Å². The molecule has 0 saturated heterocycles. The second-order valence-electron chi connectivity index (χ2n) is 6.96. The Morgan fingerprint density at radius 3 is 2.48 bits per heavy atom. The van der Waals surface area contributed by atoms with Crippen molar-refractivity contribution < 1.29 is 4.79 Å². The highest BCUT2D eigenvalue weighted by Gasteiger charge is 2.18. The Bertz CT molecular complexity index is 996. The molecule has 152 valence electrons. The molecule has 0 spiro atoms. The zero-order valence-corrected chi connectivity index (χ0v) is 17.0. The topological polar surface area (TPSA) is 67.2 Å². The molecule has 0 bridgehead atoms. The molecule has 6 heteroatoms. The maximum atomic E-state index is 12.5. The molecule has 1 amide bonds. The Balaban J connectivity index is 1.62. The normalized spacial score (nSPS) is 12.2. The maximum Gasteiger partial charge on any atom is 0.261 e. The first-order valence-electron chi connectivity index (χ1n) is 10.1. The molecule has 1 unspecified atom stereocenters. The van der Waals surface area contributed by atoms with Gasteiger partial charge in [0.1, 0.15) is 0 Å². The van der Waals surface area contributed by atoms with Crippen LogP contribution in [0.5, 0.6) is 0 Å². The van der Waals surface area contributed by atoms with Crippen molar-refractivity contribution in [3.8, 4) is 0 Å². The van der Waals surface area contributed by atoms with Gasteiger partial charge >= 0.3 is 0 Å². The van der Waals surface area contributed by atoms with E-state index in [0.717, 1.165) is 13.1 Å². The van der Waals surface area contributed by atoms with Crippen LogP contribution in [-0.4, -0.2) is 40.0 Å². The molecule has 3 rings (SSSR count). The summed E-state index contributed by atoms with van der Waals surface area (Å²) in [7, 11) is 0. The summed E-state index contributed by atoms with van der Waals surface area (Å²) in [4.78, 5) is 31.6. The lowest BCUT2D eigenvalue weighted by Gasteiger charge is -2.30. The quantitative estimate of drug-likeness (QED) is 0.608. The molecular formula is C23H28N4O2. The molecule has 2 aromatic carbocycles. The third kappa shape index (κ3) is 5.09. The van der Waals surface area contributed by atoms with Gasteiger partial charge in [0.25, 0.3) is 5.56 Å². The van der Waals surface area contributed by atoms with Gasteiger partial charge in [-0.25, -0.2) is 4.98 Å². The second kappa shape index (κ2) is 9.98. The zero-order valence-electron chi connectivity index (χ0n) is 17.0. The number of amides is 1. The number of fused-ring (bicyclic) bond motifs is 1. The van der Waals surface area contributed by atoms with Crippen molar-refractivity contribution in [2.45, 2.75) is 32.9 Å². The highest BCUT2D eigenvalue weighted by molar-refractivity contribution is 5.77. The third-order valence-corrected chi connectivity index (χ3v) is 5.24. The fourth-order valence-electron chi connectivity index (χ4n) is 3.58. The number of aromatic nitrogens is 2. The second-order valence-corrected chi connectivity index (χ2v) is 6.96. The summed E-state index contributed by atoms with van der Waals surface area (Å²) in [5, 5.41) is 3.61. The molecule has 29 heavy (non-hydrogen) atoms. The van der Waals surface area contributed by atoms with Crippen molar-refractivity contribution in [3.63, 3.8) is 0 Å². The van der Waals surface area contributed by atoms with Crippen LogP contribution in [0.25, 0.3) is 10.9 Å². The predicted molar refractivity (Wildman–Crippen MR) is 116 cm³/mol. The molecule has 0 aliphatic carbocycles. The predicted octanol–water partition coefficient (Wildman–Crippen LogP) is 2.99. The summed E-state index contributed by atoms with van der Waals surface area (Å²) in [6, 6.07) is 17.6. The van der Waals surface area contributed by atoms with E-state index in [1.807, 2.05) is 36.4 Å². The van der Waals surface area contributed by atoms with E-state index in [9.17, 15) is 9.59 Å². The molecule has 1 heterocycles. The van der Waals surface area contributed by atoms with Gasteiger partial charge in [-0.3, -0.25) is 19.1 Å². The number of benzene rings is 2. The molecule has 6 nitrogen and oxygen atoms in total. The highest BCUT2D eigenvalue weighted by atomic mass is 16.1. The smallest absolute Gasteiger partial charge is 0.261 e. The first-order chi connectivity index (χ1) is 14.1. The average molecular weight is 393 g/mol. The number of nitrogens with zero attached hydrogens (tertiary/aromatic N) is 3. The van der Waals surface area contributed by atoms with E-state index in [2.05, 4.69) is 41.2 Å². The maximum absolute atomic E-state index is 12.5. The Morgan fingerprint density at radius 1 is 1.07 bits per heavy atom. The first-order valence-corrected chi connectivity index (χ1v) is 10.1. The highest BCUT2D eigenvalue weighted by Crippen LogP contribution is 2.19. The summed E-state index contributed by atoms with van der Waals surface area (Å²) in [5.41, 5.74) is 1.74. The zero-order chi connectivity index (χ0) is 20.6. The Morgan fingerprint density at radius 2 is 1.76 bits per heavy atom. The minimum atomic E-state index is -0.117. The summed E-state index contributed by atoms with van der Waals surface area (Å²) in [6.45, 7) is 6.91. The molecule has 3 aromatic rings. The van der Waals surface area contributed by atoms with Gasteiger partial charge in [-0.15, -0.1) is 0 Å². The molecule has 1 aromatic heterocycles. The number of rotatable bonds is 9. The summed E-state index contributed by atoms with van der Waals surface area (Å²) >= 11 is 0. The van der Waals surface area contributed by atoms with Crippen molar-refractivity contribution in [3.05, 3.63) is 76.8 Å². The number of likely N-dealkylation sites (N-methyl/N-ethyl adjacent to an activating group) is 1. The van der Waals surface area contributed by atoms with Gasteiger partial charge in [-0.2, -0.15) is 0 Å². The third-order valence-electron chi connectivity index (χ3n) is 5.24. The van der Waals surface area contributed by atoms with Gasteiger partial charge in [-0.05, 0) is 30.8 Å². The van der Waals surface area contributed by atoms with Crippen molar-refractivity contribution >= 4 is 16.8 Å². The van der Waals surface area contributed by atoms with E-state index < -0.39 is 0 Å². The molecule has 0 saturated carbocycles. The number of hydrogen-bond donors (Lipinski definition) is 1. The molecule has 0 aliphatic rings. The van der Waals surface area contributed by atoms with Gasteiger partial charge in [0.15, 0.2) is 0 Å². The summed E-state index contributed by atoms with van der Waals surface area (Å²) in [6.07, 6.45) is 1.75. The molecule has 0 fully saturated rings. The monoisotopic (exact) mass is 392 g/mol. The molecule has 1 N–H and O–H groups in total. The van der Waals surface area contributed by atoms with Gasteiger partial charge < -0.3 is 5.32 Å². The number of para-hydroxylation sites is 1. The van der Waals surface area contributed by atoms with E-state index in [-0.39, 0.29) is 23.9 Å². The average Bonchev–Trinajstić information content (AvgIpc) is 2.77. The standard InChI is InChI=1S/C23H28N4O2/c1-3-26(4-2)21(18-10-6-5-7-11-18)16-24-22(28)14-15-27-17-25-20-13-9-8-12-19(20)23(27)29/h5-13,17,21H,3-4,14-16H2,1-2H3,(H,24,28). The van der Waals surface area contributed by atoms with Crippen LogP contribution < -0.4 is 10.9 Å².